The van der Waals surface area contributed by atoms with E-state index < -0.39 is 60.8 Å². The summed E-state index contributed by atoms with van der Waals surface area (Å²) in [5.74, 6) is -4.92. The molecule has 0 saturated carbocycles. The largest absolute Gasteiger partial charge is 0.481 e. The van der Waals surface area contributed by atoms with Crippen molar-refractivity contribution in [1.29, 1.82) is 0 Å². The minimum Gasteiger partial charge on any atom is -0.481 e. The van der Waals surface area contributed by atoms with Gasteiger partial charge in [0.2, 0.25) is 17.7 Å². The number of hydrogen-bond donors (Lipinski definition) is 9. The van der Waals surface area contributed by atoms with Crippen LogP contribution in [-0.2, 0) is 24.0 Å². The van der Waals surface area contributed by atoms with Crippen LogP contribution >= 0.6 is 12.6 Å². The number of rotatable bonds is 15. The van der Waals surface area contributed by atoms with Gasteiger partial charge in [-0.3, -0.25) is 24.2 Å². The number of amides is 3. The van der Waals surface area contributed by atoms with E-state index in [4.69, 9.17) is 22.3 Å². The van der Waals surface area contributed by atoms with Gasteiger partial charge in [0.05, 0.1) is 12.6 Å². The summed E-state index contributed by atoms with van der Waals surface area (Å²) in [4.78, 5) is 62.0. The lowest BCUT2D eigenvalue weighted by Crippen LogP contribution is -2.53. The first-order valence-electron chi connectivity index (χ1n) is 9.21. The second kappa shape index (κ2) is 14.8. The van der Waals surface area contributed by atoms with E-state index in [1.807, 2.05) is 0 Å². The molecule has 3 atom stereocenters. The zero-order valence-corrected chi connectivity index (χ0v) is 17.6. The third-order valence-electron chi connectivity index (χ3n) is 3.82. The second-order valence-electron chi connectivity index (χ2n) is 6.41. The van der Waals surface area contributed by atoms with Crippen LogP contribution in [0.2, 0.25) is 0 Å². The molecule has 0 aromatic carbocycles. The number of guanidine groups is 1. The molecule has 0 aliphatic rings. The van der Waals surface area contributed by atoms with Crippen LogP contribution in [0, 0.1) is 0 Å². The molecule has 0 aromatic rings. The Morgan fingerprint density at radius 1 is 0.968 bits per heavy atom. The lowest BCUT2D eigenvalue weighted by molar-refractivity contribution is -0.143. The number of nitrogens with one attached hydrogen (secondary N) is 3. The minimum absolute atomic E-state index is 0.0454. The highest BCUT2D eigenvalue weighted by atomic mass is 32.1. The lowest BCUT2D eigenvalue weighted by atomic mass is 10.1. The summed E-state index contributed by atoms with van der Waals surface area (Å²) in [6, 6.07) is -3.56. The van der Waals surface area contributed by atoms with E-state index in [0.717, 1.165) is 0 Å². The number of carbonyl (C=O) groups excluding carboxylic acids is 3. The molecule has 0 rings (SSSR count). The fraction of sp³-hybridized carbons (Fsp3) is 0.625. The Kier molecular flexibility index (Phi) is 13.4. The van der Waals surface area contributed by atoms with Gasteiger partial charge in [0, 0.05) is 18.7 Å². The highest BCUT2D eigenvalue weighted by molar-refractivity contribution is 7.80. The first-order valence-corrected chi connectivity index (χ1v) is 9.85. The van der Waals surface area contributed by atoms with E-state index in [2.05, 4.69) is 33.6 Å². The molecule has 176 valence electrons. The van der Waals surface area contributed by atoms with Crippen LogP contribution in [0.5, 0.6) is 0 Å². The lowest BCUT2D eigenvalue weighted by Gasteiger charge is -2.21. The number of hydrogen-bond acceptors (Lipinski definition) is 8. The SMILES string of the molecule is NC(N)=NCCCC(NC(=O)CNC(=O)C(N)CS)C(=O)NC(CCC(=O)O)C(=O)O. The maximum atomic E-state index is 12.5. The Morgan fingerprint density at radius 2 is 1.61 bits per heavy atom. The molecule has 3 unspecified atom stereocenters. The summed E-state index contributed by atoms with van der Waals surface area (Å²) < 4.78 is 0. The van der Waals surface area contributed by atoms with Crippen molar-refractivity contribution in [2.24, 2.45) is 22.2 Å². The maximum absolute atomic E-state index is 12.5. The van der Waals surface area contributed by atoms with Crippen molar-refractivity contribution < 1.29 is 34.2 Å². The number of carboxylic acids is 2. The van der Waals surface area contributed by atoms with Crippen molar-refractivity contribution in [2.45, 2.75) is 43.8 Å². The zero-order chi connectivity index (χ0) is 24.0. The Labute approximate surface area is 183 Å². The molecule has 0 radical (unpaired) electrons. The van der Waals surface area contributed by atoms with Gasteiger partial charge in [0.15, 0.2) is 5.96 Å². The summed E-state index contributed by atoms with van der Waals surface area (Å²) in [6.07, 6.45) is -0.511. The van der Waals surface area contributed by atoms with Crippen LogP contribution in [0.25, 0.3) is 0 Å². The van der Waals surface area contributed by atoms with E-state index in [1.54, 1.807) is 0 Å². The molecule has 0 heterocycles. The van der Waals surface area contributed by atoms with Gasteiger partial charge < -0.3 is 43.4 Å². The van der Waals surface area contributed by atoms with Gasteiger partial charge in [-0.25, -0.2) is 4.79 Å². The molecule has 14 nitrogen and oxygen atoms in total. The van der Waals surface area contributed by atoms with Crippen molar-refractivity contribution in [3.05, 3.63) is 0 Å². The number of thiol groups is 1. The van der Waals surface area contributed by atoms with Crippen molar-refractivity contribution in [3.8, 4) is 0 Å². The van der Waals surface area contributed by atoms with Gasteiger partial charge in [0.25, 0.3) is 0 Å². The van der Waals surface area contributed by atoms with Gasteiger partial charge in [-0.15, -0.1) is 0 Å². The fourth-order valence-electron chi connectivity index (χ4n) is 2.20. The van der Waals surface area contributed by atoms with E-state index in [-0.39, 0.29) is 37.5 Å². The molecule has 15 heteroatoms. The first kappa shape index (κ1) is 27.9. The van der Waals surface area contributed by atoms with Gasteiger partial charge in [-0.2, -0.15) is 12.6 Å². The van der Waals surface area contributed by atoms with Crippen molar-refractivity contribution in [2.75, 3.05) is 18.8 Å². The average molecular weight is 464 g/mol. The fourth-order valence-corrected chi connectivity index (χ4v) is 2.36. The first-order chi connectivity index (χ1) is 14.5. The smallest absolute Gasteiger partial charge is 0.326 e. The Morgan fingerprint density at radius 3 is 2.13 bits per heavy atom. The van der Waals surface area contributed by atoms with E-state index in [1.165, 1.54) is 0 Å². The summed E-state index contributed by atoms with van der Waals surface area (Å²) in [7, 11) is 0. The normalized spacial score (nSPS) is 13.2. The summed E-state index contributed by atoms with van der Waals surface area (Å²) in [5.41, 5.74) is 15.9. The molecule has 0 aromatic heterocycles. The maximum Gasteiger partial charge on any atom is 0.326 e. The topological polar surface area (TPSA) is 252 Å². The highest BCUT2D eigenvalue weighted by Crippen LogP contribution is 2.03. The number of nitrogens with two attached hydrogens (primary N) is 3. The molecule has 11 N–H and O–H groups in total. The van der Waals surface area contributed by atoms with Crippen LogP contribution in [0.4, 0.5) is 0 Å². The van der Waals surface area contributed by atoms with Crippen LogP contribution in [0.3, 0.4) is 0 Å². The quantitative estimate of drug-likeness (QED) is 0.0497. The van der Waals surface area contributed by atoms with E-state index in [0.29, 0.717) is 0 Å². The number of nitrogens with zero attached hydrogens (tertiary/aromatic N) is 1. The molecule has 0 bridgehead atoms. The average Bonchev–Trinajstić information content (AvgIpc) is 2.69. The van der Waals surface area contributed by atoms with Crippen molar-refractivity contribution in [1.82, 2.24) is 16.0 Å². The number of carbonyl (C=O) groups is 5. The summed E-state index contributed by atoms with van der Waals surface area (Å²) in [6.45, 7) is -0.323. The molecule has 0 fully saturated rings. The Balaban J connectivity index is 5.07. The van der Waals surface area contributed by atoms with Crippen molar-refractivity contribution >= 4 is 48.2 Å². The van der Waals surface area contributed by atoms with Crippen molar-refractivity contribution in [3.63, 3.8) is 0 Å². The van der Waals surface area contributed by atoms with Crippen LogP contribution in [0.1, 0.15) is 25.7 Å². The molecule has 31 heavy (non-hydrogen) atoms. The number of carboxylic acid groups (broad SMARTS) is 2. The highest BCUT2D eigenvalue weighted by Gasteiger charge is 2.27. The standard InChI is InChI=1S/C16H29N7O7S/c17-8(7-31)13(27)21-6-11(24)22-9(2-1-5-20-16(18)19)14(28)23-10(15(29)30)3-4-12(25)26/h8-10,31H,1-7,17H2,(H,21,27)(H,22,24)(H,23,28)(H,25,26)(H,29,30)(H4,18,19,20). The molecule has 3 amide bonds. The third-order valence-corrected chi connectivity index (χ3v) is 4.21. The molecular formula is C16H29N7O7S. The molecule has 0 spiro atoms. The van der Waals surface area contributed by atoms with Gasteiger partial charge in [0.1, 0.15) is 12.1 Å². The Bertz CT molecular complexity index is 685. The zero-order valence-electron chi connectivity index (χ0n) is 16.7. The second-order valence-corrected chi connectivity index (χ2v) is 6.77. The molecular weight excluding hydrogens is 434 g/mol. The van der Waals surface area contributed by atoms with Gasteiger partial charge in [-0.1, -0.05) is 0 Å². The van der Waals surface area contributed by atoms with Gasteiger partial charge in [-0.05, 0) is 19.3 Å². The van der Waals surface area contributed by atoms with Crippen LogP contribution in [0.15, 0.2) is 4.99 Å². The van der Waals surface area contributed by atoms with E-state index >= 15 is 0 Å². The monoisotopic (exact) mass is 463 g/mol. The molecule has 0 aliphatic carbocycles. The van der Waals surface area contributed by atoms with Crippen LogP contribution < -0.4 is 33.2 Å². The summed E-state index contributed by atoms with van der Waals surface area (Å²) in [5, 5.41) is 24.8. The Hall–Kier alpha value is -3.07. The minimum atomic E-state index is -1.46. The molecule has 0 saturated heterocycles. The van der Waals surface area contributed by atoms with Crippen LogP contribution in [-0.4, -0.2) is 82.8 Å². The van der Waals surface area contributed by atoms with Gasteiger partial charge >= 0.3 is 11.9 Å². The third kappa shape index (κ3) is 13.0. The number of aliphatic carboxylic acids is 2. The predicted octanol–water partition coefficient (Wildman–Crippen LogP) is -3.67. The summed E-state index contributed by atoms with van der Waals surface area (Å²) >= 11 is 3.87. The number of aliphatic imine (C=N–C) groups is 1. The predicted molar refractivity (Wildman–Crippen MR) is 113 cm³/mol. The van der Waals surface area contributed by atoms with E-state index in [9.17, 15) is 29.1 Å². The molecule has 0 aliphatic heterocycles.